The number of hydrogen-bond donors (Lipinski definition) is 0. The highest BCUT2D eigenvalue weighted by Crippen LogP contribution is 2.28. The molecule has 0 saturated carbocycles. The van der Waals surface area contributed by atoms with Crippen molar-refractivity contribution in [3.05, 3.63) is 30.2 Å². The fourth-order valence-corrected chi connectivity index (χ4v) is 0.501. The second-order valence-corrected chi connectivity index (χ2v) is 1.67. The summed E-state index contributed by atoms with van der Waals surface area (Å²) in [5.74, 6) is -0.977. The first-order valence-corrected chi connectivity index (χ1v) is 2.55. The zero-order valence-electron chi connectivity index (χ0n) is 4.85. The zero-order chi connectivity index (χ0) is 7.61. The zero-order valence-corrected chi connectivity index (χ0v) is 4.85. The Bertz CT molecular complexity index is 204. The van der Waals surface area contributed by atoms with Gasteiger partial charge in [-0.3, -0.25) is 0 Å². The molecule has 0 fully saturated rings. The van der Waals surface area contributed by atoms with Crippen LogP contribution in [0.2, 0.25) is 0 Å². The van der Waals surface area contributed by atoms with Gasteiger partial charge in [0.15, 0.2) is 0 Å². The van der Waals surface area contributed by atoms with Crippen LogP contribution in [-0.4, -0.2) is 0 Å². The molecule has 0 unspecified atom stereocenters. The van der Waals surface area contributed by atoms with Crippen LogP contribution in [0.15, 0.2) is 28.9 Å². The maximum absolute atomic E-state index is 11.7. The molecule has 1 nitrogen and oxygen atoms in total. The van der Waals surface area contributed by atoms with E-state index in [-0.39, 0.29) is 0 Å². The average Bonchev–Trinajstić information content (AvgIpc) is 1.88. The highest BCUT2D eigenvalue weighted by atomic mass is 19.4. The lowest BCUT2D eigenvalue weighted by atomic mass is 10.4. The third-order valence-electron chi connectivity index (χ3n) is 0.912. The molecule has 1 heterocycles. The van der Waals surface area contributed by atoms with Gasteiger partial charge >= 0.3 is 18.2 Å². The van der Waals surface area contributed by atoms with Crippen LogP contribution in [0, 0.1) is 0 Å². The van der Waals surface area contributed by atoms with Crippen LogP contribution >= 0.6 is 0 Å². The van der Waals surface area contributed by atoms with Gasteiger partial charge in [0.2, 0.25) is 0 Å². The largest absolute Gasteiger partial charge is 0.509 e. The smallest absolute Gasteiger partial charge is 0.211 e. The number of hydrogen-bond acceptors (Lipinski definition) is 0. The molecule has 0 amide bonds. The lowest BCUT2D eigenvalue weighted by Gasteiger charge is -1.92. The second kappa shape index (κ2) is 2.28. The Kier molecular flexibility index (Phi) is 1.61. The maximum atomic E-state index is 11.7. The molecule has 0 atom stereocenters. The normalized spacial score (nSPS) is 11.5. The second-order valence-electron chi connectivity index (χ2n) is 1.67. The molecular formula is C6H4F3O+. The molecule has 0 aliphatic heterocycles. The molecule has 0 spiro atoms. The SMILES string of the molecule is FC(F)(F)c1cccc[o+]1. The first-order valence-electron chi connectivity index (χ1n) is 2.55. The van der Waals surface area contributed by atoms with Crippen molar-refractivity contribution < 1.29 is 17.6 Å². The minimum atomic E-state index is -4.37. The molecule has 0 aromatic carbocycles. The van der Waals surface area contributed by atoms with Crippen molar-refractivity contribution in [1.82, 2.24) is 0 Å². The van der Waals surface area contributed by atoms with Gasteiger partial charge in [0.25, 0.3) is 0 Å². The van der Waals surface area contributed by atoms with E-state index in [0.717, 1.165) is 12.3 Å². The van der Waals surface area contributed by atoms with Gasteiger partial charge in [-0.25, -0.2) is 4.42 Å². The lowest BCUT2D eigenvalue weighted by molar-refractivity contribution is -0.153. The van der Waals surface area contributed by atoms with E-state index in [1.807, 2.05) is 0 Å². The summed E-state index contributed by atoms with van der Waals surface area (Å²) >= 11 is 0. The van der Waals surface area contributed by atoms with Crippen LogP contribution in [0.5, 0.6) is 0 Å². The quantitative estimate of drug-likeness (QED) is 0.516. The van der Waals surface area contributed by atoms with E-state index in [1.54, 1.807) is 0 Å². The van der Waals surface area contributed by atoms with E-state index in [0.29, 0.717) is 0 Å². The summed E-state index contributed by atoms with van der Waals surface area (Å²) in [4.78, 5) is 0. The summed E-state index contributed by atoms with van der Waals surface area (Å²) in [5, 5.41) is 0. The first-order chi connectivity index (χ1) is 4.61. The standard InChI is InChI=1S/C6H4F3O/c7-6(8,9)5-3-1-2-4-10-5/h1-4H/q+1. The van der Waals surface area contributed by atoms with E-state index in [4.69, 9.17) is 0 Å². The number of rotatable bonds is 0. The van der Waals surface area contributed by atoms with Gasteiger partial charge < -0.3 is 0 Å². The predicted octanol–water partition coefficient (Wildman–Crippen LogP) is 2.58. The van der Waals surface area contributed by atoms with Crippen molar-refractivity contribution >= 4 is 0 Å². The highest BCUT2D eigenvalue weighted by Gasteiger charge is 2.42. The summed E-state index contributed by atoms with van der Waals surface area (Å²) in [6.07, 6.45) is -3.38. The van der Waals surface area contributed by atoms with Crippen LogP contribution < -0.4 is 0 Å². The third kappa shape index (κ3) is 1.46. The molecule has 0 N–H and O–H groups in total. The van der Waals surface area contributed by atoms with Crippen molar-refractivity contribution in [2.75, 3.05) is 0 Å². The van der Waals surface area contributed by atoms with E-state index >= 15 is 0 Å². The minimum absolute atomic E-state index is 0.875. The Morgan fingerprint density at radius 1 is 1.20 bits per heavy atom. The molecule has 4 heteroatoms. The molecule has 1 rings (SSSR count). The van der Waals surface area contributed by atoms with Gasteiger partial charge in [0, 0.05) is 12.1 Å². The Morgan fingerprint density at radius 2 is 1.90 bits per heavy atom. The fourth-order valence-electron chi connectivity index (χ4n) is 0.501. The van der Waals surface area contributed by atoms with Crippen LogP contribution in [0.25, 0.3) is 0 Å². The third-order valence-corrected chi connectivity index (χ3v) is 0.912. The Labute approximate surface area is 55.1 Å². The van der Waals surface area contributed by atoms with E-state index < -0.39 is 11.9 Å². The number of alkyl halides is 3. The van der Waals surface area contributed by atoms with Crippen molar-refractivity contribution in [2.24, 2.45) is 0 Å². The topological polar surface area (TPSA) is 11.3 Å². The summed E-state index contributed by atoms with van der Waals surface area (Å²) in [6.45, 7) is 0. The predicted molar refractivity (Wildman–Crippen MR) is 28.1 cm³/mol. The molecule has 10 heavy (non-hydrogen) atoms. The summed E-state index contributed by atoms with van der Waals surface area (Å²) in [5.41, 5.74) is 0. The van der Waals surface area contributed by atoms with Gasteiger partial charge in [-0.05, 0) is 6.07 Å². The Hall–Kier alpha value is -1.06. The molecule has 0 saturated heterocycles. The number of halogens is 3. The molecule has 0 aliphatic carbocycles. The minimum Gasteiger partial charge on any atom is -0.211 e. The van der Waals surface area contributed by atoms with Crippen molar-refractivity contribution in [3.8, 4) is 0 Å². The summed E-state index contributed by atoms with van der Waals surface area (Å²) < 4.78 is 39.2. The highest BCUT2D eigenvalue weighted by molar-refractivity contribution is 5.01. The Balaban J connectivity index is 2.97. The molecule has 0 bridgehead atoms. The van der Waals surface area contributed by atoms with Crippen LogP contribution in [0.3, 0.4) is 0 Å². The molecule has 1 aromatic rings. The summed E-state index contributed by atoms with van der Waals surface area (Å²) in [7, 11) is 0. The van der Waals surface area contributed by atoms with E-state index in [9.17, 15) is 13.2 Å². The van der Waals surface area contributed by atoms with Gasteiger partial charge in [-0.1, -0.05) is 0 Å². The lowest BCUT2D eigenvalue weighted by Crippen LogP contribution is -2.03. The molecule has 1 aromatic heterocycles. The van der Waals surface area contributed by atoms with E-state index in [1.165, 1.54) is 12.1 Å². The van der Waals surface area contributed by atoms with Crippen molar-refractivity contribution in [3.63, 3.8) is 0 Å². The molecular weight excluding hydrogens is 145 g/mol. The first kappa shape index (κ1) is 7.05. The van der Waals surface area contributed by atoms with E-state index in [2.05, 4.69) is 4.42 Å². The molecule has 54 valence electrons. The fraction of sp³-hybridized carbons (Fsp3) is 0.167. The molecule has 0 radical (unpaired) electrons. The van der Waals surface area contributed by atoms with Crippen LogP contribution in [0.4, 0.5) is 13.2 Å². The monoisotopic (exact) mass is 149 g/mol. The van der Waals surface area contributed by atoms with Crippen LogP contribution in [0.1, 0.15) is 5.76 Å². The average molecular weight is 149 g/mol. The van der Waals surface area contributed by atoms with Gasteiger partial charge in [-0.2, -0.15) is 13.2 Å². The summed E-state index contributed by atoms with van der Waals surface area (Å²) in [6, 6.07) is 3.53. The Morgan fingerprint density at radius 3 is 2.20 bits per heavy atom. The maximum Gasteiger partial charge on any atom is 0.509 e. The van der Waals surface area contributed by atoms with Crippen molar-refractivity contribution in [2.45, 2.75) is 6.18 Å². The molecule has 0 aliphatic rings. The van der Waals surface area contributed by atoms with Gasteiger partial charge in [-0.15, -0.1) is 0 Å². The van der Waals surface area contributed by atoms with Crippen molar-refractivity contribution in [1.29, 1.82) is 0 Å². The van der Waals surface area contributed by atoms with Crippen LogP contribution in [-0.2, 0) is 6.18 Å². The van der Waals surface area contributed by atoms with Gasteiger partial charge in [0.1, 0.15) is 0 Å². The van der Waals surface area contributed by atoms with Gasteiger partial charge in [0.05, 0.1) is 0 Å².